The molecule has 2 heterocycles. The fourth-order valence-corrected chi connectivity index (χ4v) is 2.63. The molecule has 100 valence electrons. The van der Waals surface area contributed by atoms with Gasteiger partial charge >= 0.3 is 0 Å². The Hall–Kier alpha value is -1.11. The Kier molecular flexibility index (Phi) is 3.72. The molecule has 0 radical (unpaired) electrons. The first-order valence-electron chi connectivity index (χ1n) is 6.07. The fourth-order valence-electron chi connectivity index (χ4n) is 2.06. The zero-order valence-corrected chi connectivity index (χ0v) is 12.5. The van der Waals surface area contributed by atoms with Gasteiger partial charge in [-0.25, -0.2) is 0 Å². The topological polar surface area (TPSA) is 56.8 Å². The maximum absolute atomic E-state index is 6.19. The lowest BCUT2D eigenvalue weighted by Crippen LogP contribution is -2.44. The highest BCUT2D eigenvalue weighted by Gasteiger charge is 2.16. The summed E-state index contributed by atoms with van der Waals surface area (Å²) in [5, 5.41) is 11.2. The number of H-pyrrole nitrogens is 1. The average Bonchev–Trinajstić information content (AvgIpc) is 2.92. The Bertz CT molecular complexity index is 579. The van der Waals surface area contributed by atoms with Gasteiger partial charge in [0.05, 0.1) is 5.02 Å². The van der Waals surface area contributed by atoms with Crippen LogP contribution in [-0.2, 0) is 0 Å². The SMILES string of the molecule is Clc1ccc(Br)cc1-c1nc(N2CCNCC2)n[nH]1. The third-order valence-corrected chi connectivity index (χ3v) is 3.88. The Morgan fingerprint density at radius 2 is 2.05 bits per heavy atom. The van der Waals surface area contributed by atoms with Gasteiger partial charge in [0.1, 0.15) is 0 Å². The summed E-state index contributed by atoms with van der Waals surface area (Å²) < 4.78 is 0.965. The second-order valence-corrected chi connectivity index (χ2v) is 5.67. The minimum Gasteiger partial charge on any atom is -0.337 e. The van der Waals surface area contributed by atoms with Gasteiger partial charge in [-0.05, 0) is 18.2 Å². The Morgan fingerprint density at radius 1 is 1.26 bits per heavy atom. The molecule has 7 heteroatoms. The van der Waals surface area contributed by atoms with Crippen LogP contribution in [0.1, 0.15) is 0 Å². The van der Waals surface area contributed by atoms with Crippen LogP contribution < -0.4 is 10.2 Å². The van der Waals surface area contributed by atoms with E-state index >= 15 is 0 Å². The van der Waals surface area contributed by atoms with Gasteiger partial charge in [0, 0.05) is 36.2 Å². The molecule has 5 nitrogen and oxygen atoms in total. The molecular weight excluding hydrogens is 330 g/mol. The van der Waals surface area contributed by atoms with Gasteiger partial charge in [-0.3, -0.25) is 5.10 Å². The van der Waals surface area contributed by atoms with Crippen LogP contribution in [0, 0.1) is 0 Å². The van der Waals surface area contributed by atoms with Crippen molar-refractivity contribution in [1.29, 1.82) is 0 Å². The van der Waals surface area contributed by atoms with Crippen molar-refractivity contribution >= 4 is 33.5 Å². The van der Waals surface area contributed by atoms with Crippen molar-refractivity contribution < 1.29 is 0 Å². The lowest BCUT2D eigenvalue weighted by atomic mass is 10.2. The molecule has 1 aromatic heterocycles. The van der Waals surface area contributed by atoms with Crippen molar-refractivity contribution in [1.82, 2.24) is 20.5 Å². The molecule has 1 aliphatic heterocycles. The van der Waals surface area contributed by atoms with Crippen molar-refractivity contribution in [2.75, 3.05) is 31.1 Å². The van der Waals surface area contributed by atoms with Crippen LogP contribution in [0.15, 0.2) is 22.7 Å². The summed E-state index contributed by atoms with van der Waals surface area (Å²) in [5.74, 6) is 1.42. The van der Waals surface area contributed by atoms with Gasteiger partial charge in [-0.15, -0.1) is 5.10 Å². The minimum absolute atomic E-state index is 0.659. The van der Waals surface area contributed by atoms with Crippen LogP contribution in [0.2, 0.25) is 5.02 Å². The molecule has 19 heavy (non-hydrogen) atoms. The third-order valence-electron chi connectivity index (χ3n) is 3.06. The van der Waals surface area contributed by atoms with Gasteiger partial charge < -0.3 is 10.2 Å². The summed E-state index contributed by atoms with van der Waals surface area (Å²) in [5.41, 5.74) is 0.852. The molecule has 1 aliphatic rings. The number of hydrogen-bond donors (Lipinski definition) is 2. The van der Waals surface area contributed by atoms with E-state index in [4.69, 9.17) is 11.6 Å². The number of hydrogen-bond acceptors (Lipinski definition) is 4. The van der Waals surface area contributed by atoms with E-state index in [0.29, 0.717) is 10.8 Å². The molecule has 0 unspecified atom stereocenters. The number of nitrogens with zero attached hydrogens (tertiary/aromatic N) is 3. The molecule has 1 saturated heterocycles. The molecular formula is C12H13BrClN5. The van der Waals surface area contributed by atoms with Gasteiger partial charge in [-0.1, -0.05) is 27.5 Å². The summed E-state index contributed by atoms with van der Waals surface area (Å²) in [6, 6.07) is 5.68. The average molecular weight is 343 g/mol. The number of aromatic amines is 1. The van der Waals surface area contributed by atoms with Crippen LogP contribution >= 0.6 is 27.5 Å². The molecule has 0 aliphatic carbocycles. The maximum Gasteiger partial charge on any atom is 0.245 e. The standard InChI is InChI=1S/C12H13BrClN5/c13-8-1-2-10(14)9(7-8)11-16-12(18-17-11)19-5-3-15-4-6-19/h1-2,7,15H,3-6H2,(H,16,17,18). The van der Waals surface area contributed by atoms with E-state index in [-0.39, 0.29) is 0 Å². The first-order chi connectivity index (χ1) is 9.24. The molecule has 0 atom stereocenters. The number of anilines is 1. The van der Waals surface area contributed by atoms with Crippen LogP contribution in [-0.4, -0.2) is 41.4 Å². The van der Waals surface area contributed by atoms with Crippen LogP contribution in [0.4, 0.5) is 5.95 Å². The summed E-state index contributed by atoms with van der Waals surface area (Å²) in [4.78, 5) is 6.69. The predicted molar refractivity (Wildman–Crippen MR) is 79.6 cm³/mol. The smallest absolute Gasteiger partial charge is 0.245 e. The molecule has 0 spiro atoms. The monoisotopic (exact) mass is 341 g/mol. The Labute approximate surface area is 124 Å². The van der Waals surface area contributed by atoms with E-state index in [1.165, 1.54) is 0 Å². The number of piperazine rings is 1. The van der Waals surface area contributed by atoms with Crippen LogP contribution in [0.5, 0.6) is 0 Å². The van der Waals surface area contributed by atoms with E-state index in [2.05, 4.69) is 41.3 Å². The number of nitrogens with one attached hydrogen (secondary N) is 2. The van der Waals surface area contributed by atoms with Crippen molar-refractivity contribution in [3.63, 3.8) is 0 Å². The zero-order valence-electron chi connectivity index (χ0n) is 10.2. The lowest BCUT2D eigenvalue weighted by Gasteiger charge is -2.25. The minimum atomic E-state index is 0.659. The zero-order chi connectivity index (χ0) is 13.2. The number of halogens is 2. The maximum atomic E-state index is 6.19. The highest BCUT2D eigenvalue weighted by Crippen LogP contribution is 2.29. The summed E-state index contributed by atoms with van der Waals surface area (Å²) in [6.07, 6.45) is 0. The Balaban J connectivity index is 1.89. The molecule has 0 saturated carbocycles. The lowest BCUT2D eigenvalue weighted by molar-refractivity contribution is 0.580. The van der Waals surface area contributed by atoms with Crippen LogP contribution in [0.25, 0.3) is 11.4 Å². The van der Waals surface area contributed by atoms with Crippen molar-refractivity contribution in [3.8, 4) is 11.4 Å². The van der Waals surface area contributed by atoms with Crippen molar-refractivity contribution in [2.24, 2.45) is 0 Å². The summed E-state index contributed by atoms with van der Waals surface area (Å²) >= 11 is 9.63. The van der Waals surface area contributed by atoms with E-state index in [1.807, 2.05) is 18.2 Å². The molecule has 3 rings (SSSR count). The van der Waals surface area contributed by atoms with E-state index in [0.717, 1.165) is 42.2 Å². The normalized spacial score (nSPS) is 15.8. The van der Waals surface area contributed by atoms with Crippen molar-refractivity contribution in [2.45, 2.75) is 0 Å². The molecule has 2 aromatic rings. The molecule has 1 fully saturated rings. The van der Waals surface area contributed by atoms with Crippen molar-refractivity contribution in [3.05, 3.63) is 27.7 Å². The van der Waals surface area contributed by atoms with Gasteiger partial charge in [-0.2, -0.15) is 4.98 Å². The second kappa shape index (κ2) is 5.48. The predicted octanol–water partition coefficient (Wildman–Crippen LogP) is 2.30. The van der Waals surface area contributed by atoms with Crippen LogP contribution in [0.3, 0.4) is 0 Å². The van der Waals surface area contributed by atoms with Gasteiger partial charge in [0.15, 0.2) is 5.82 Å². The number of rotatable bonds is 2. The molecule has 0 amide bonds. The van der Waals surface area contributed by atoms with E-state index in [9.17, 15) is 0 Å². The van der Waals surface area contributed by atoms with E-state index < -0.39 is 0 Å². The first kappa shape index (κ1) is 12.9. The van der Waals surface area contributed by atoms with Gasteiger partial charge in [0.25, 0.3) is 0 Å². The van der Waals surface area contributed by atoms with Gasteiger partial charge in [0.2, 0.25) is 5.95 Å². The summed E-state index contributed by atoms with van der Waals surface area (Å²) in [7, 11) is 0. The Morgan fingerprint density at radius 3 is 2.84 bits per heavy atom. The molecule has 1 aromatic carbocycles. The number of aromatic nitrogens is 3. The highest BCUT2D eigenvalue weighted by molar-refractivity contribution is 9.10. The first-order valence-corrected chi connectivity index (χ1v) is 7.24. The largest absolute Gasteiger partial charge is 0.337 e. The van der Waals surface area contributed by atoms with E-state index in [1.54, 1.807) is 0 Å². The molecule has 0 bridgehead atoms. The molecule has 2 N–H and O–H groups in total. The summed E-state index contributed by atoms with van der Waals surface area (Å²) in [6.45, 7) is 3.76. The third kappa shape index (κ3) is 2.75. The number of benzene rings is 1. The second-order valence-electron chi connectivity index (χ2n) is 4.35. The highest BCUT2D eigenvalue weighted by atomic mass is 79.9. The fraction of sp³-hybridized carbons (Fsp3) is 0.333. The quantitative estimate of drug-likeness (QED) is 0.879.